The van der Waals surface area contributed by atoms with Crippen molar-refractivity contribution in [1.82, 2.24) is 4.98 Å². The molecule has 92 valence electrons. The number of halogens is 2. The molecule has 0 fully saturated rings. The van der Waals surface area contributed by atoms with Gasteiger partial charge < -0.3 is 4.74 Å². The Hall–Kier alpha value is -2.30. The summed E-state index contributed by atoms with van der Waals surface area (Å²) in [6, 6.07) is 6.11. The van der Waals surface area contributed by atoms with Gasteiger partial charge in [0.05, 0.1) is 18.4 Å². The molecule has 2 rings (SSSR count). The standard InChI is InChI=1S/C13H9F2NO2/c1-18-13(17)8-2-3-12(16-7-8)9-4-10(14)6-11(15)5-9/h2-7H,1H3. The monoisotopic (exact) mass is 249 g/mol. The van der Waals surface area contributed by atoms with E-state index >= 15 is 0 Å². The van der Waals surface area contributed by atoms with Crippen LogP contribution in [0.3, 0.4) is 0 Å². The first-order valence-corrected chi connectivity index (χ1v) is 5.11. The van der Waals surface area contributed by atoms with Crippen molar-refractivity contribution in [1.29, 1.82) is 0 Å². The summed E-state index contributed by atoms with van der Waals surface area (Å²) >= 11 is 0. The minimum atomic E-state index is -0.677. The Morgan fingerprint density at radius 3 is 2.33 bits per heavy atom. The molecular weight excluding hydrogens is 240 g/mol. The van der Waals surface area contributed by atoms with Crippen molar-refractivity contribution < 1.29 is 18.3 Å². The maximum Gasteiger partial charge on any atom is 0.339 e. The molecule has 0 aliphatic carbocycles. The third kappa shape index (κ3) is 2.51. The van der Waals surface area contributed by atoms with Gasteiger partial charge in [-0.3, -0.25) is 4.98 Å². The number of pyridine rings is 1. The van der Waals surface area contributed by atoms with E-state index in [0.29, 0.717) is 11.3 Å². The number of rotatable bonds is 2. The highest BCUT2D eigenvalue weighted by atomic mass is 19.1. The lowest BCUT2D eigenvalue weighted by molar-refractivity contribution is 0.0600. The summed E-state index contributed by atoms with van der Waals surface area (Å²) in [5.74, 6) is -1.87. The molecular formula is C13H9F2NO2. The highest BCUT2D eigenvalue weighted by molar-refractivity contribution is 5.89. The molecule has 0 saturated carbocycles. The molecule has 5 heteroatoms. The number of benzene rings is 1. The van der Waals surface area contributed by atoms with E-state index in [-0.39, 0.29) is 5.56 Å². The summed E-state index contributed by atoms with van der Waals surface area (Å²) < 4.78 is 30.6. The zero-order valence-corrected chi connectivity index (χ0v) is 9.48. The fourth-order valence-electron chi connectivity index (χ4n) is 1.50. The second kappa shape index (κ2) is 4.91. The number of carbonyl (C=O) groups is 1. The first-order chi connectivity index (χ1) is 8.60. The second-order valence-corrected chi connectivity index (χ2v) is 3.58. The summed E-state index contributed by atoms with van der Waals surface area (Å²) in [4.78, 5) is 15.2. The lowest BCUT2D eigenvalue weighted by Gasteiger charge is -2.03. The Balaban J connectivity index is 2.37. The third-order valence-electron chi connectivity index (χ3n) is 2.34. The maximum atomic E-state index is 13.0. The third-order valence-corrected chi connectivity index (χ3v) is 2.34. The Labute approximate surface area is 102 Å². The van der Waals surface area contributed by atoms with Gasteiger partial charge in [0.15, 0.2) is 0 Å². The number of carbonyl (C=O) groups excluding carboxylic acids is 1. The number of hydrogen-bond acceptors (Lipinski definition) is 3. The Morgan fingerprint density at radius 1 is 1.17 bits per heavy atom. The zero-order chi connectivity index (χ0) is 13.1. The number of methoxy groups -OCH3 is 1. The van der Waals surface area contributed by atoms with Crippen LogP contribution in [0, 0.1) is 11.6 Å². The number of nitrogens with zero attached hydrogens (tertiary/aromatic N) is 1. The predicted molar refractivity (Wildman–Crippen MR) is 60.9 cm³/mol. The van der Waals surface area contributed by atoms with Crippen molar-refractivity contribution in [2.45, 2.75) is 0 Å². The summed E-state index contributed by atoms with van der Waals surface area (Å²) in [5, 5.41) is 0. The van der Waals surface area contributed by atoms with Crippen LogP contribution in [0.25, 0.3) is 11.3 Å². The molecule has 0 spiro atoms. The van der Waals surface area contributed by atoms with Crippen molar-refractivity contribution in [3.63, 3.8) is 0 Å². The maximum absolute atomic E-state index is 13.0. The minimum absolute atomic E-state index is 0.276. The number of hydrogen-bond donors (Lipinski definition) is 0. The lowest BCUT2D eigenvalue weighted by Crippen LogP contribution is -2.01. The van der Waals surface area contributed by atoms with Gasteiger partial charge in [-0.15, -0.1) is 0 Å². The van der Waals surface area contributed by atoms with Gasteiger partial charge in [0.2, 0.25) is 0 Å². The number of aromatic nitrogens is 1. The fourth-order valence-corrected chi connectivity index (χ4v) is 1.50. The van der Waals surface area contributed by atoms with Gasteiger partial charge in [-0.2, -0.15) is 0 Å². The highest BCUT2D eigenvalue weighted by Crippen LogP contribution is 2.19. The van der Waals surface area contributed by atoms with Crippen LogP contribution in [0.15, 0.2) is 36.5 Å². The Morgan fingerprint density at radius 2 is 1.83 bits per heavy atom. The van der Waals surface area contributed by atoms with Crippen molar-refractivity contribution in [2.75, 3.05) is 7.11 Å². The van der Waals surface area contributed by atoms with Crippen LogP contribution in [0.1, 0.15) is 10.4 Å². The first kappa shape index (κ1) is 12.2. The normalized spacial score (nSPS) is 10.2. The second-order valence-electron chi connectivity index (χ2n) is 3.58. The molecule has 1 aromatic heterocycles. The molecule has 0 radical (unpaired) electrons. The largest absolute Gasteiger partial charge is 0.465 e. The summed E-state index contributed by atoms with van der Waals surface area (Å²) in [6.45, 7) is 0. The topological polar surface area (TPSA) is 39.2 Å². The van der Waals surface area contributed by atoms with Crippen LogP contribution in [-0.4, -0.2) is 18.1 Å². The first-order valence-electron chi connectivity index (χ1n) is 5.11. The molecule has 0 amide bonds. The van der Waals surface area contributed by atoms with Gasteiger partial charge in [-0.25, -0.2) is 13.6 Å². The summed E-state index contributed by atoms with van der Waals surface area (Å²) in [7, 11) is 1.26. The molecule has 18 heavy (non-hydrogen) atoms. The number of ether oxygens (including phenoxy) is 1. The molecule has 0 N–H and O–H groups in total. The fraction of sp³-hybridized carbons (Fsp3) is 0.0769. The van der Waals surface area contributed by atoms with Crippen molar-refractivity contribution in [3.05, 3.63) is 53.7 Å². The van der Waals surface area contributed by atoms with Crippen LogP contribution in [-0.2, 0) is 4.74 Å². The van der Waals surface area contributed by atoms with Crippen LogP contribution in [0.2, 0.25) is 0 Å². The quantitative estimate of drug-likeness (QED) is 0.768. The van der Waals surface area contributed by atoms with Crippen molar-refractivity contribution >= 4 is 5.97 Å². The Kier molecular flexibility index (Phi) is 3.32. The van der Waals surface area contributed by atoms with E-state index in [2.05, 4.69) is 9.72 Å². The molecule has 0 saturated heterocycles. The van der Waals surface area contributed by atoms with Gasteiger partial charge in [0, 0.05) is 17.8 Å². The lowest BCUT2D eigenvalue weighted by atomic mass is 10.1. The average molecular weight is 249 g/mol. The Bertz CT molecular complexity index is 562. The van der Waals surface area contributed by atoms with E-state index in [1.165, 1.54) is 37.6 Å². The van der Waals surface area contributed by atoms with Crippen molar-refractivity contribution in [2.24, 2.45) is 0 Å². The van der Waals surface area contributed by atoms with Gasteiger partial charge in [-0.05, 0) is 24.3 Å². The van der Waals surface area contributed by atoms with Gasteiger partial charge >= 0.3 is 5.97 Å². The molecule has 0 aliphatic rings. The zero-order valence-electron chi connectivity index (χ0n) is 9.48. The average Bonchev–Trinajstić information content (AvgIpc) is 2.37. The van der Waals surface area contributed by atoms with E-state index in [0.717, 1.165) is 6.07 Å². The van der Waals surface area contributed by atoms with E-state index in [1.54, 1.807) is 0 Å². The molecule has 3 nitrogen and oxygen atoms in total. The van der Waals surface area contributed by atoms with Gasteiger partial charge in [0.25, 0.3) is 0 Å². The molecule has 0 unspecified atom stereocenters. The van der Waals surface area contributed by atoms with E-state index in [9.17, 15) is 13.6 Å². The summed E-state index contributed by atoms with van der Waals surface area (Å²) in [6.07, 6.45) is 1.30. The van der Waals surface area contributed by atoms with Crippen LogP contribution in [0.5, 0.6) is 0 Å². The summed E-state index contributed by atoms with van der Waals surface area (Å²) in [5.41, 5.74) is 0.961. The van der Waals surface area contributed by atoms with Gasteiger partial charge in [0.1, 0.15) is 11.6 Å². The molecule has 0 atom stereocenters. The molecule has 0 aliphatic heterocycles. The van der Waals surface area contributed by atoms with Crippen LogP contribution >= 0.6 is 0 Å². The van der Waals surface area contributed by atoms with E-state index in [1.807, 2.05) is 0 Å². The molecule has 0 bridgehead atoms. The number of esters is 1. The SMILES string of the molecule is COC(=O)c1ccc(-c2cc(F)cc(F)c2)nc1. The minimum Gasteiger partial charge on any atom is -0.465 e. The van der Waals surface area contributed by atoms with Crippen LogP contribution in [0.4, 0.5) is 8.78 Å². The smallest absolute Gasteiger partial charge is 0.339 e. The van der Waals surface area contributed by atoms with Gasteiger partial charge in [-0.1, -0.05) is 0 Å². The molecule has 1 heterocycles. The molecule has 1 aromatic carbocycles. The predicted octanol–water partition coefficient (Wildman–Crippen LogP) is 2.81. The van der Waals surface area contributed by atoms with Crippen molar-refractivity contribution in [3.8, 4) is 11.3 Å². The van der Waals surface area contributed by atoms with E-state index in [4.69, 9.17) is 0 Å². The van der Waals surface area contributed by atoms with E-state index < -0.39 is 17.6 Å². The van der Waals surface area contributed by atoms with Crippen LogP contribution < -0.4 is 0 Å². The highest BCUT2D eigenvalue weighted by Gasteiger charge is 2.08. The molecule has 2 aromatic rings.